The minimum atomic E-state index is -0.483. The molecule has 0 radical (unpaired) electrons. The van der Waals surface area contributed by atoms with Crippen LogP contribution in [0.2, 0.25) is 0 Å². The third kappa shape index (κ3) is 4.38. The molecule has 0 bridgehead atoms. The normalized spacial score (nSPS) is 28.0. The predicted octanol–water partition coefficient (Wildman–Crippen LogP) is 3.71. The molecule has 106 valence electrons. The second-order valence-corrected chi connectivity index (χ2v) is 5.87. The maximum Gasteiger partial charge on any atom is 0.348 e. The lowest BCUT2D eigenvalue weighted by molar-refractivity contribution is -0.138. The van der Waals surface area contributed by atoms with Gasteiger partial charge in [-0.05, 0) is 49.9 Å². The highest BCUT2D eigenvalue weighted by Gasteiger charge is 2.29. The summed E-state index contributed by atoms with van der Waals surface area (Å²) in [6.07, 6.45) is 5.34. The van der Waals surface area contributed by atoms with Crippen molar-refractivity contribution in [3.05, 3.63) is 11.6 Å². The van der Waals surface area contributed by atoms with Gasteiger partial charge in [-0.3, -0.25) is 0 Å². The summed E-state index contributed by atoms with van der Waals surface area (Å²) >= 11 is 0. The molecule has 1 rings (SSSR count). The zero-order chi connectivity index (χ0) is 14.4. The third-order valence-corrected chi connectivity index (χ3v) is 4.24. The molecule has 1 aliphatic carbocycles. The van der Waals surface area contributed by atoms with Crippen LogP contribution in [-0.2, 0) is 9.53 Å². The lowest BCUT2D eigenvalue weighted by Gasteiger charge is -2.34. The molecule has 3 heteroatoms. The lowest BCUT2D eigenvalue weighted by Crippen LogP contribution is -2.25. The van der Waals surface area contributed by atoms with Gasteiger partial charge in [0.15, 0.2) is 0 Å². The van der Waals surface area contributed by atoms with Crippen LogP contribution < -0.4 is 0 Å². The van der Waals surface area contributed by atoms with Crippen molar-refractivity contribution in [3.8, 4) is 6.07 Å². The minimum absolute atomic E-state index is 0.170. The molecule has 3 unspecified atom stereocenters. The fraction of sp³-hybridized carbons (Fsp3) is 0.750. The number of allylic oxidation sites excluding steroid dienone is 1. The summed E-state index contributed by atoms with van der Waals surface area (Å²) in [6, 6.07) is 1.99. The Morgan fingerprint density at radius 2 is 2.16 bits per heavy atom. The number of nitrogens with zero attached hydrogens (tertiary/aromatic N) is 1. The average Bonchev–Trinajstić information content (AvgIpc) is 2.37. The molecule has 0 aromatic carbocycles. The highest BCUT2D eigenvalue weighted by molar-refractivity contribution is 5.92. The van der Waals surface area contributed by atoms with Gasteiger partial charge in [0.2, 0.25) is 0 Å². The molecule has 0 spiro atoms. The number of ether oxygens (including phenoxy) is 1. The molecule has 0 N–H and O–H groups in total. The Labute approximate surface area is 116 Å². The van der Waals surface area contributed by atoms with Gasteiger partial charge in [0.1, 0.15) is 11.6 Å². The van der Waals surface area contributed by atoms with Crippen molar-refractivity contribution in [1.82, 2.24) is 0 Å². The fourth-order valence-electron chi connectivity index (χ4n) is 2.80. The van der Waals surface area contributed by atoms with Gasteiger partial charge in [0.25, 0.3) is 0 Å². The molecule has 1 aliphatic rings. The Balaban J connectivity index is 2.81. The first kappa shape index (κ1) is 15.8. The van der Waals surface area contributed by atoms with Crippen LogP contribution in [0.25, 0.3) is 0 Å². The van der Waals surface area contributed by atoms with E-state index in [0.717, 1.165) is 6.42 Å². The van der Waals surface area contributed by atoms with Crippen LogP contribution in [0.15, 0.2) is 11.6 Å². The molecule has 19 heavy (non-hydrogen) atoms. The molecule has 0 amide bonds. The van der Waals surface area contributed by atoms with Gasteiger partial charge < -0.3 is 4.74 Å². The molecular formula is C16H25NO2. The van der Waals surface area contributed by atoms with Crippen LogP contribution in [0.4, 0.5) is 0 Å². The molecule has 0 saturated heterocycles. The second-order valence-electron chi connectivity index (χ2n) is 5.87. The van der Waals surface area contributed by atoms with Crippen LogP contribution in [0.5, 0.6) is 0 Å². The van der Waals surface area contributed by atoms with Crippen molar-refractivity contribution >= 4 is 5.97 Å². The molecule has 0 aliphatic heterocycles. The van der Waals surface area contributed by atoms with E-state index in [2.05, 4.69) is 20.8 Å². The first-order valence-corrected chi connectivity index (χ1v) is 7.28. The van der Waals surface area contributed by atoms with Crippen molar-refractivity contribution in [1.29, 1.82) is 5.26 Å². The quantitative estimate of drug-likeness (QED) is 0.441. The maximum absolute atomic E-state index is 11.7. The highest BCUT2D eigenvalue weighted by atomic mass is 16.5. The highest BCUT2D eigenvalue weighted by Crippen LogP contribution is 2.38. The Morgan fingerprint density at radius 3 is 2.68 bits per heavy atom. The summed E-state index contributed by atoms with van der Waals surface area (Å²) in [6.45, 7) is 8.77. The molecule has 0 aromatic heterocycles. The standard InChI is InChI=1S/C16H25NO2/c1-5-19-16(18)15(10-17)9-14-8-13(11(2)3)7-6-12(14)4/h9,11-14H,5-8H2,1-4H3. The van der Waals surface area contributed by atoms with Crippen LogP contribution in [-0.4, -0.2) is 12.6 Å². The van der Waals surface area contributed by atoms with Gasteiger partial charge in [-0.1, -0.05) is 26.8 Å². The number of rotatable bonds is 4. The SMILES string of the molecule is CCOC(=O)C(C#N)=CC1CC(C(C)C)CCC1C. The van der Waals surface area contributed by atoms with Crippen LogP contribution in [0, 0.1) is 35.0 Å². The van der Waals surface area contributed by atoms with Crippen LogP contribution >= 0.6 is 0 Å². The maximum atomic E-state index is 11.7. The molecule has 0 aromatic rings. The largest absolute Gasteiger partial charge is 0.462 e. The van der Waals surface area contributed by atoms with Crippen LogP contribution in [0.1, 0.15) is 47.0 Å². The molecule has 3 atom stereocenters. The minimum Gasteiger partial charge on any atom is -0.462 e. The van der Waals surface area contributed by atoms with Crippen molar-refractivity contribution in [2.24, 2.45) is 23.7 Å². The van der Waals surface area contributed by atoms with Gasteiger partial charge in [0.05, 0.1) is 6.61 Å². The Kier molecular flexibility index (Phi) is 6.08. The Morgan fingerprint density at radius 1 is 1.47 bits per heavy atom. The smallest absolute Gasteiger partial charge is 0.348 e. The summed E-state index contributed by atoms with van der Waals surface area (Å²) in [5.74, 6) is 1.73. The van der Waals surface area contributed by atoms with Crippen molar-refractivity contribution in [2.45, 2.75) is 47.0 Å². The Hall–Kier alpha value is -1.30. The summed E-state index contributed by atoms with van der Waals surface area (Å²) in [5, 5.41) is 9.10. The lowest BCUT2D eigenvalue weighted by atomic mass is 9.71. The van der Waals surface area contributed by atoms with E-state index in [1.165, 1.54) is 12.8 Å². The van der Waals surface area contributed by atoms with Gasteiger partial charge in [-0.2, -0.15) is 5.26 Å². The summed E-state index contributed by atoms with van der Waals surface area (Å²) in [7, 11) is 0. The van der Waals surface area contributed by atoms with Crippen molar-refractivity contribution in [3.63, 3.8) is 0 Å². The summed E-state index contributed by atoms with van der Waals surface area (Å²) in [4.78, 5) is 11.7. The van der Waals surface area contributed by atoms with E-state index in [1.807, 2.05) is 12.1 Å². The second kappa shape index (κ2) is 7.33. The first-order chi connectivity index (χ1) is 8.99. The zero-order valence-electron chi connectivity index (χ0n) is 12.5. The van der Waals surface area contributed by atoms with Gasteiger partial charge >= 0.3 is 5.97 Å². The predicted molar refractivity (Wildman–Crippen MR) is 75.2 cm³/mol. The monoisotopic (exact) mass is 263 g/mol. The van der Waals surface area contributed by atoms with Crippen molar-refractivity contribution < 1.29 is 9.53 Å². The molecule has 1 saturated carbocycles. The van der Waals surface area contributed by atoms with E-state index in [-0.39, 0.29) is 5.57 Å². The van der Waals surface area contributed by atoms with Gasteiger partial charge in [0, 0.05) is 0 Å². The summed E-state index contributed by atoms with van der Waals surface area (Å²) < 4.78 is 4.92. The zero-order valence-corrected chi connectivity index (χ0v) is 12.5. The Bertz CT molecular complexity index is 379. The van der Waals surface area contributed by atoms with Gasteiger partial charge in [-0.25, -0.2) is 4.79 Å². The number of hydrogen-bond donors (Lipinski definition) is 0. The summed E-state index contributed by atoms with van der Waals surface area (Å²) in [5.41, 5.74) is 0.170. The average molecular weight is 263 g/mol. The topological polar surface area (TPSA) is 50.1 Å². The van der Waals surface area contributed by atoms with E-state index in [1.54, 1.807) is 6.92 Å². The third-order valence-electron chi connectivity index (χ3n) is 4.24. The number of carbonyl (C=O) groups excluding carboxylic acids is 1. The van der Waals surface area contributed by atoms with Gasteiger partial charge in [-0.15, -0.1) is 0 Å². The van der Waals surface area contributed by atoms with Crippen molar-refractivity contribution in [2.75, 3.05) is 6.61 Å². The number of nitriles is 1. The van der Waals surface area contributed by atoms with E-state index in [9.17, 15) is 4.79 Å². The van der Waals surface area contributed by atoms with E-state index >= 15 is 0 Å². The molecule has 1 fully saturated rings. The number of esters is 1. The van der Waals surface area contributed by atoms with E-state index < -0.39 is 5.97 Å². The van der Waals surface area contributed by atoms with E-state index in [4.69, 9.17) is 10.00 Å². The fourth-order valence-corrected chi connectivity index (χ4v) is 2.80. The number of hydrogen-bond acceptors (Lipinski definition) is 3. The molecular weight excluding hydrogens is 238 g/mol. The number of carbonyl (C=O) groups is 1. The van der Waals surface area contributed by atoms with E-state index in [0.29, 0.717) is 30.3 Å². The molecule has 0 heterocycles. The molecule has 3 nitrogen and oxygen atoms in total. The first-order valence-electron chi connectivity index (χ1n) is 7.28. The van der Waals surface area contributed by atoms with Crippen LogP contribution in [0.3, 0.4) is 0 Å².